The van der Waals surface area contributed by atoms with Crippen LogP contribution in [0.3, 0.4) is 0 Å². The average Bonchev–Trinajstić information content (AvgIpc) is 2.50. The van der Waals surface area contributed by atoms with Crippen molar-refractivity contribution in [2.45, 2.75) is 31.2 Å². The highest BCUT2D eigenvalue weighted by molar-refractivity contribution is 5.73. The summed E-state index contributed by atoms with van der Waals surface area (Å²) in [7, 11) is 0. The number of nitrogens with two attached hydrogens (primary N) is 1. The van der Waals surface area contributed by atoms with Crippen molar-refractivity contribution >= 4 is 6.03 Å². The molecule has 2 fully saturated rings. The zero-order chi connectivity index (χ0) is 9.31. The maximum atomic E-state index is 11.2. The first-order chi connectivity index (χ1) is 6.25. The van der Waals surface area contributed by atoms with Gasteiger partial charge in [-0.1, -0.05) is 0 Å². The van der Waals surface area contributed by atoms with Gasteiger partial charge in [0.05, 0.1) is 0 Å². The van der Waals surface area contributed by atoms with E-state index in [0.29, 0.717) is 0 Å². The van der Waals surface area contributed by atoms with Gasteiger partial charge in [0.15, 0.2) is 0 Å². The predicted molar refractivity (Wildman–Crippen MR) is 50.4 cm³/mol. The highest BCUT2D eigenvalue weighted by atomic mass is 16.2. The Hall–Kier alpha value is -0.770. The molecule has 2 aliphatic rings. The molecule has 13 heavy (non-hydrogen) atoms. The molecule has 0 aliphatic carbocycles. The standard InChI is InChI=1S/C9H17N3O/c10-8(13)12-7-1-2-9(12)3-5-11-6-4-9/h11H,1-7H2,(H2,10,13). The number of hydrogen-bond acceptors (Lipinski definition) is 2. The van der Waals surface area contributed by atoms with E-state index in [2.05, 4.69) is 5.32 Å². The monoisotopic (exact) mass is 183 g/mol. The normalized spacial score (nSPS) is 26.6. The van der Waals surface area contributed by atoms with Crippen LogP contribution in [0, 0.1) is 0 Å². The fraction of sp³-hybridized carbons (Fsp3) is 0.889. The Balaban J connectivity index is 2.13. The number of carbonyl (C=O) groups is 1. The molecule has 2 amide bonds. The number of urea groups is 1. The number of amides is 2. The van der Waals surface area contributed by atoms with Crippen molar-refractivity contribution in [2.75, 3.05) is 19.6 Å². The molecule has 0 radical (unpaired) electrons. The SMILES string of the molecule is NC(=O)N1CCCC12CCNCC2. The highest BCUT2D eigenvalue weighted by Crippen LogP contribution is 2.36. The van der Waals surface area contributed by atoms with E-state index in [1.807, 2.05) is 4.90 Å². The number of piperidine rings is 1. The van der Waals surface area contributed by atoms with Gasteiger partial charge in [-0.2, -0.15) is 0 Å². The first-order valence-electron chi connectivity index (χ1n) is 5.02. The summed E-state index contributed by atoms with van der Waals surface area (Å²) in [6, 6.07) is -0.237. The van der Waals surface area contributed by atoms with Crippen LogP contribution in [0.4, 0.5) is 4.79 Å². The largest absolute Gasteiger partial charge is 0.351 e. The van der Waals surface area contributed by atoms with Crippen LogP contribution in [0.2, 0.25) is 0 Å². The number of rotatable bonds is 0. The lowest BCUT2D eigenvalue weighted by atomic mass is 9.86. The molecule has 2 aliphatic heterocycles. The van der Waals surface area contributed by atoms with E-state index in [9.17, 15) is 4.79 Å². The minimum Gasteiger partial charge on any atom is -0.351 e. The Bertz CT molecular complexity index is 211. The van der Waals surface area contributed by atoms with E-state index in [4.69, 9.17) is 5.73 Å². The molecule has 0 unspecified atom stereocenters. The van der Waals surface area contributed by atoms with E-state index in [1.165, 1.54) is 0 Å². The average molecular weight is 183 g/mol. The van der Waals surface area contributed by atoms with Gasteiger partial charge in [0.1, 0.15) is 0 Å². The summed E-state index contributed by atoms with van der Waals surface area (Å²) in [5, 5.41) is 3.32. The zero-order valence-corrected chi connectivity index (χ0v) is 7.88. The van der Waals surface area contributed by atoms with Crippen molar-refractivity contribution < 1.29 is 4.79 Å². The summed E-state index contributed by atoms with van der Waals surface area (Å²) in [6.07, 6.45) is 4.38. The fourth-order valence-electron chi connectivity index (χ4n) is 2.69. The summed E-state index contributed by atoms with van der Waals surface area (Å²) in [5.41, 5.74) is 5.48. The molecule has 3 N–H and O–H groups in total. The minimum atomic E-state index is -0.237. The van der Waals surface area contributed by atoms with Gasteiger partial charge in [-0.15, -0.1) is 0 Å². The zero-order valence-electron chi connectivity index (χ0n) is 7.88. The van der Waals surface area contributed by atoms with Crippen molar-refractivity contribution in [2.24, 2.45) is 5.73 Å². The summed E-state index contributed by atoms with van der Waals surface area (Å²) in [5.74, 6) is 0. The minimum absolute atomic E-state index is 0.108. The molecule has 0 aromatic carbocycles. The second-order valence-electron chi connectivity index (χ2n) is 4.07. The molecule has 0 aromatic rings. The third kappa shape index (κ3) is 1.39. The van der Waals surface area contributed by atoms with Gasteiger partial charge in [-0.05, 0) is 38.8 Å². The third-order valence-corrected chi connectivity index (χ3v) is 3.40. The van der Waals surface area contributed by atoms with Crippen molar-refractivity contribution in [1.29, 1.82) is 0 Å². The van der Waals surface area contributed by atoms with Crippen LogP contribution >= 0.6 is 0 Å². The Morgan fingerprint density at radius 1 is 1.31 bits per heavy atom. The van der Waals surface area contributed by atoms with Crippen molar-refractivity contribution in [3.05, 3.63) is 0 Å². The smallest absolute Gasteiger partial charge is 0.315 e. The van der Waals surface area contributed by atoms with Gasteiger partial charge in [0.2, 0.25) is 0 Å². The Kier molecular flexibility index (Phi) is 2.15. The van der Waals surface area contributed by atoms with E-state index in [-0.39, 0.29) is 11.6 Å². The number of nitrogens with zero attached hydrogens (tertiary/aromatic N) is 1. The Morgan fingerprint density at radius 2 is 2.00 bits per heavy atom. The van der Waals surface area contributed by atoms with Crippen LogP contribution < -0.4 is 11.1 Å². The maximum Gasteiger partial charge on any atom is 0.315 e. The number of carbonyl (C=O) groups excluding carboxylic acids is 1. The van der Waals surface area contributed by atoms with Gasteiger partial charge < -0.3 is 16.0 Å². The van der Waals surface area contributed by atoms with Crippen molar-refractivity contribution in [3.63, 3.8) is 0 Å². The van der Waals surface area contributed by atoms with Crippen LogP contribution in [0.1, 0.15) is 25.7 Å². The van der Waals surface area contributed by atoms with Gasteiger partial charge in [0, 0.05) is 12.1 Å². The molecule has 2 rings (SSSR count). The highest BCUT2D eigenvalue weighted by Gasteiger charge is 2.43. The topological polar surface area (TPSA) is 58.4 Å². The fourth-order valence-corrected chi connectivity index (χ4v) is 2.69. The molecule has 2 saturated heterocycles. The Labute approximate surface area is 78.5 Å². The lowest BCUT2D eigenvalue weighted by Gasteiger charge is -2.40. The van der Waals surface area contributed by atoms with Gasteiger partial charge in [-0.3, -0.25) is 0 Å². The van der Waals surface area contributed by atoms with Crippen molar-refractivity contribution in [3.8, 4) is 0 Å². The van der Waals surface area contributed by atoms with Gasteiger partial charge >= 0.3 is 6.03 Å². The molecule has 0 saturated carbocycles. The van der Waals surface area contributed by atoms with Gasteiger partial charge in [-0.25, -0.2) is 4.79 Å². The van der Waals surface area contributed by atoms with Crippen LogP contribution in [-0.4, -0.2) is 36.1 Å². The molecular weight excluding hydrogens is 166 g/mol. The number of primary amides is 1. The molecular formula is C9H17N3O. The molecule has 74 valence electrons. The van der Waals surface area contributed by atoms with E-state index in [1.54, 1.807) is 0 Å². The quantitative estimate of drug-likeness (QED) is 0.567. The van der Waals surface area contributed by atoms with Gasteiger partial charge in [0.25, 0.3) is 0 Å². The molecule has 2 heterocycles. The van der Waals surface area contributed by atoms with Crippen LogP contribution in [-0.2, 0) is 0 Å². The number of likely N-dealkylation sites (tertiary alicyclic amines) is 1. The van der Waals surface area contributed by atoms with Crippen LogP contribution in [0.5, 0.6) is 0 Å². The maximum absolute atomic E-state index is 11.2. The second-order valence-corrected chi connectivity index (χ2v) is 4.07. The predicted octanol–water partition coefficient (Wildman–Crippen LogP) is 0.283. The molecule has 4 heteroatoms. The first-order valence-corrected chi connectivity index (χ1v) is 5.02. The van der Waals surface area contributed by atoms with E-state index < -0.39 is 0 Å². The molecule has 0 atom stereocenters. The summed E-state index contributed by atoms with van der Waals surface area (Å²) >= 11 is 0. The molecule has 0 aromatic heterocycles. The van der Waals surface area contributed by atoms with E-state index in [0.717, 1.165) is 45.3 Å². The molecule has 4 nitrogen and oxygen atoms in total. The number of nitrogens with one attached hydrogen (secondary N) is 1. The van der Waals surface area contributed by atoms with E-state index >= 15 is 0 Å². The lowest BCUT2D eigenvalue weighted by Crippen LogP contribution is -2.54. The first kappa shape index (κ1) is 8.81. The summed E-state index contributed by atoms with van der Waals surface area (Å²) in [6.45, 7) is 2.89. The van der Waals surface area contributed by atoms with Crippen LogP contribution in [0.25, 0.3) is 0 Å². The third-order valence-electron chi connectivity index (χ3n) is 3.40. The van der Waals surface area contributed by atoms with Crippen molar-refractivity contribution in [1.82, 2.24) is 10.2 Å². The van der Waals surface area contributed by atoms with Crippen LogP contribution in [0.15, 0.2) is 0 Å². The number of hydrogen-bond donors (Lipinski definition) is 2. The second kappa shape index (κ2) is 3.18. The molecule has 1 spiro atoms. The Morgan fingerprint density at radius 3 is 2.62 bits per heavy atom. The lowest BCUT2D eigenvalue weighted by molar-refractivity contribution is 0.124. The molecule has 0 bridgehead atoms. The summed E-state index contributed by atoms with van der Waals surface area (Å²) in [4.78, 5) is 13.1. The summed E-state index contributed by atoms with van der Waals surface area (Å²) < 4.78 is 0.